The Labute approximate surface area is 124 Å². The number of hydrogen-bond acceptors (Lipinski definition) is 4. The van der Waals surface area contributed by atoms with Crippen LogP contribution in [0.1, 0.15) is 17.9 Å². The summed E-state index contributed by atoms with van der Waals surface area (Å²) in [6.07, 6.45) is 7.06. The van der Waals surface area contributed by atoms with Gasteiger partial charge in [0.25, 0.3) is 0 Å². The highest BCUT2D eigenvalue weighted by Gasteiger charge is 2.24. The molecule has 0 bridgehead atoms. The van der Waals surface area contributed by atoms with E-state index < -0.39 is 10.0 Å². The fourth-order valence-electron chi connectivity index (χ4n) is 2.74. The molecule has 0 radical (unpaired) electrons. The number of sulfonamides is 1. The molecule has 0 aliphatic carbocycles. The van der Waals surface area contributed by atoms with Crippen LogP contribution in [0, 0.1) is 12.8 Å². The molecule has 7 nitrogen and oxygen atoms in total. The van der Waals surface area contributed by atoms with Crippen molar-refractivity contribution in [2.45, 2.75) is 31.2 Å². The van der Waals surface area contributed by atoms with Gasteiger partial charge in [0.1, 0.15) is 10.7 Å². The quantitative estimate of drug-likeness (QED) is 0.890. The minimum atomic E-state index is -3.49. The topological polar surface area (TPSA) is 81.8 Å². The van der Waals surface area contributed by atoms with Gasteiger partial charge in [-0.2, -0.15) is 5.10 Å². The molecule has 0 saturated carbocycles. The molecule has 1 atom stereocenters. The molecule has 8 heteroatoms. The lowest BCUT2D eigenvalue weighted by atomic mass is 9.98. The Bertz CT molecular complexity index is 746. The zero-order valence-corrected chi connectivity index (χ0v) is 13.0. The standard InChI is InChI=1S/C13H19N5O2S/c1-10-12(9-17(2)16-10)21(19,20)15-8-11-3-5-18-6-4-14-13(18)7-11/h4,6,9,11,15H,3,5,7-8H2,1-2H3. The Kier molecular flexibility index (Phi) is 3.58. The summed E-state index contributed by atoms with van der Waals surface area (Å²) in [4.78, 5) is 4.55. The number of nitrogens with zero attached hydrogens (tertiary/aromatic N) is 4. The second kappa shape index (κ2) is 5.27. The summed E-state index contributed by atoms with van der Waals surface area (Å²) in [6, 6.07) is 0. The van der Waals surface area contributed by atoms with Gasteiger partial charge in [0.05, 0.1) is 5.69 Å². The number of aryl methyl sites for hydroxylation is 3. The lowest BCUT2D eigenvalue weighted by Crippen LogP contribution is -2.33. The largest absolute Gasteiger partial charge is 0.335 e. The molecule has 2 aromatic heterocycles. The minimum Gasteiger partial charge on any atom is -0.335 e. The number of aromatic nitrogens is 4. The van der Waals surface area contributed by atoms with Crippen LogP contribution in [0.2, 0.25) is 0 Å². The molecule has 3 rings (SSSR count). The molecule has 3 heterocycles. The average molecular weight is 309 g/mol. The molecule has 1 unspecified atom stereocenters. The van der Waals surface area contributed by atoms with Crippen LogP contribution in [0.5, 0.6) is 0 Å². The molecule has 0 saturated heterocycles. The van der Waals surface area contributed by atoms with E-state index >= 15 is 0 Å². The van der Waals surface area contributed by atoms with E-state index in [1.165, 1.54) is 10.9 Å². The highest BCUT2D eigenvalue weighted by molar-refractivity contribution is 7.89. The molecule has 2 aromatic rings. The van der Waals surface area contributed by atoms with Crippen LogP contribution in [-0.4, -0.2) is 34.3 Å². The van der Waals surface area contributed by atoms with E-state index in [1.807, 2.05) is 6.20 Å². The van der Waals surface area contributed by atoms with Gasteiger partial charge in [0.2, 0.25) is 10.0 Å². The van der Waals surface area contributed by atoms with E-state index in [2.05, 4.69) is 19.4 Å². The monoisotopic (exact) mass is 309 g/mol. The van der Waals surface area contributed by atoms with Gasteiger partial charge in [0.15, 0.2) is 0 Å². The summed E-state index contributed by atoms with van der Waals surface area (Å²) in [5, 5.41) is 4.08. The van der Waals surface area contributed by atoms with Crippen molar-refractivity contribution >= 4 is 10.0 Å². The van der Waals surface area contributed by atoms with Gasteiger partial charge in [-0.25, -0.2) is 18.1 Å². The Hall–Kier alpha value is -1.67. The van der Waals surface area contributed by atoms with Crippen molar-refractivity contribution in [2.24, 2.45) is 13.0 Å². The number of rotatable bonds is 4. The summed E-state index contributed by atoms with van der Waals surface area (Å²) >= 11 is 0. The molecular formula is C13H19N5O2S. The van der Waals surface area contributed by atoms with Crippen molar-refractivity contribution in [2.75, 3.05) is 6.54 Å². The predicted molar refractivity (Wildman–Crippen MR) is 77.2 cm³/mol. The molecular weight excluding hydrogens is 290 g/mol. The first-order valence-electron chi connectivity index (χ1n) is 6.95. The number of hydrogen-bond donors (Lipinski definition) is 1. The van der Waals surface area contributed by atoms with Crippen LogP contribution in [-0.2, 0) is 30.0 Å². The van der Waals surface area contributed by atoms with Crippen LogP contribution in [0.15, 0.2) is 23.5 Å². The fraction of sp³-hybridized carbons (Fsp3) is 0.538. The van der Waals surface area contributed by atoms with Crippen LogP contribution < -0.4 is 4.72 Å². The first kappa shape index (κ1) is 14.3. The molecule has 21 heavy (non-hydrogen) atoms. The first-order chi connectivity index (χ1) is 9.95. The van der Waals surface area contributed by atoms with Crippen molar-refractivity contribution in [3.05, 3.63) is 30.1 Å². The molecule has 1 N–H and O–H groups in total. The van der Waals surface area contributed by atoms with Crippen LogP contribution >= 0.6 is 0 Å². The summed E-state index contributed by atoms with van der Waals surface area (Å²) in [7, 11) is -1.78. The van der Waals surface area contributed by atoms with E-state index in [0.717, 1.165) is 25.2 Å². The number of nitrogens with one attached hydrogen (secondary N) is 1. The third kappa shape index (κ3) is 2.86. The molecule has 0 aromatic carbocycles. The Morgan fingerprint density at radius 2 is 2.29 bits per heavy atom. The third-order valence-corrected chi connectivity index (χ3v) is 5.40. The normalized spacial score (nSPS) is 18.7. The van der Waals surface area contributed by atoms with Crippen molar-refractivity contribution in [1.82, 2.24) is 24.1 Å². The lowest BCUT2D eigenvalue weighted by Gasteiger charge is -2.23. The molecule has 0 fully saturated rings. The number of fused-ring (bicyclic) bond motifs is 1. The van der Waals surface area contributed by atoms with E-state index in [0.29, 0.717) is 12.2 Å². The Balaban J connectivity index is 1.67. The maximum absolute atomic E-state index is 12.3. The molecule has 0 spiro atoms. The number of imidazole rings is 1. The highest BCUT2D eigenvalue weighted by Crippen LogP contribution is 2.19. The zero-order valence-electron chi connectivity index (χ0n) is 12.2. The summed E-state index contributed by atoms with van der Waals surface area (Å²) < 4.78 is 31.0. The van der Waals surface area contributed by atoms with Crippen molar-refractivity contribution in [3.8, 4) is 0 Å². The van der Waals surface area contributed by atoms with Crippen molar-refractivity contribution < 1.29 is 8.42 Å². The molecule has 1 aliphatic heterocycles. The predicted octanol–water partition coefficient (Wildman–Crippen LogP) is 0.466. The van der Waals surface area contributed by atoms with Gasteiger partial charge < -0.3 is 4.57 Å². The van der Waals surface area contributed by atoms with E-state index in [9.17, 15) is 8.42 Å². The smallest absolute Gasteiger partial charge is 0.243 e. The van der Waals surface area contributed by atoms with Gasteiger partial charge in [0, 0.05) is 45.1 Å². The van der Waals surface area contributed by atoms with Gasteiger partial charge in [-0.15, -0.1) is 0 Å². The first-order valence-corrected chi connectivity index (χ1v) is 8.44. The van der Waals surface area contributed by atoms with Crippen molar-refractivity contribution in [3.63, 3.8) is 0 Å². The second-order valence-corrected chi connectivity index (χ2v) is 7.24. The van der Waals surface area contributed by atoms with Crippen LogP contribution in [0.25, 0.3) is 0 Å². The third-order valence-electron chi connectivity index (χ3n) is 3.87. The maximum atomic E-state index is 12.3. The van der Waals surface area contributed by atoms with E-state index in [1.54, 1.807) is 20.2 Å². The fourth-order valence-corrected chi connectivity index (χ4v) is 4.07. The van der Waals surface area contributed by atoms with Crippen molar-refractivity contribution in [1.29, 1.82) is 0 Å². The summed E-state index contributed by atoms with van der Waals surface area (Å²) in [5.74, 6) is 1.31. The van der Waals surface area contributed by atoms with Gasteiger partial charge >= 0.3 is 0 Å². The molecule has 1 aliphatic rings. The lowest BCUT2D eigenvalue weighted by molar-refractivity contribution is 0.379. The zero-order chi connectivity index (χ0) is 15.0. The Morgan fingerprint density at radius 1 is 1.48 bits per heavy atom. The van der Waals surface area contributed by atoms with E-state index in [-0.39, 0.29) is 10.8 Å². The Morgan fingerprint density at radius 3 is 3.00 bits per heavy atom. The maximum Gasteiger partial charge on any atom is 0.243 e. The van der Waals surface area contributed by atoms with Crippen LogP contribution in [0.3, 0.4) is 0 Å². The second-order valence-electron chi connectivity index (χ2n) is 5.50. The van der Waals surface area contributed by atoms with Gasteiger partial charge in [-0.05, 0) is 19.3 Å². The van der Waals surface area contributed by atoms with Crippen LogP contribution in [0.4, 0.5) is 0 Å². The SMILES string of the molecule is Cc1nn(C)cc1S(=O)(=O)NCC1CCn2ccnc2C1. The highest BCUT2D eigenvalue weighted by atomic mass is 32.2. The molecule has 0 amide bonds. The van der Waals surface area contributed by atoms with Gasteiger partial charge in [-0.3, -0.25) is 4.68 Å². The van der Waals surface area contributed by atoms with E-state index in [4.69, 9.17) is 0 Å². The minimum absolute atomic E-state index is 0.252. The van der Waals surface area contributed by atoms with Gasteiger partial charge in [-0.1, -0.05) is 0 Å². The summed E-state index contributed by atoms with van der Waals surface area (Å²) in [5.41, 5.74) is 0.518. The summed E-state index contributed by atoms with van der Waals surface area (Å²) in [6.45, 7) is 3.03. The molecule has 114 valence electrons. The average Bonchev–Trinajstić information content (AvgIpc) is 3.02.